The lowest BCUT2D eigenvalue weighted by molar-refractivity contribution is -0.362. The minimum atomic E-state index is -6.35. The number of carbonyl (C=O) groups is 1. The molecule has 3 N–H and O–H groups in total. The maximum Gasteiger partial charge on any atom is 0.438 e. The van der Waals surface area contributed by atoms with Crippen molar-refractivity contribution in [2.45, 2.75) is 55.6 Å². The summed E-state index contributed by atoms with van der Waals surface area (Å²) in [6.45, 7) is 0. The summed E-state index contributed by atoms with van der Waals surface area (Å²) >= 11 is 0. The van der Waals surface area contributed by atoms with Crippen LogP contribution in [0.15, 0.2) is 0 Å². The minimum absolute atomic E-state index is 0.205. The third-order valence-electron chi connectivity index (χ3n) is 3.72. The van der Waals surface area contributed by atoms with Crippen molar-refractivity contribution in [1.82, 2.24) is 0 Å². The average molecular weight is 387 g/mol. The first-order valence-electron chi connectivity index (χ1n) is 6.65. The molecule has 0 aromatic rings. The number of rotatable bonds is 4. The van der Waals surface area contributed by atoms with E-state index in [1.807, 2.05) is 0 Å². The van der Waals surface area contributed by atoms with Gasteiger partial charge in [0.1, 0.15) is 11.3 Å². The standard InChI is InChI=1S/C11H15F6NO5S/c12-10(13,14)9(11(15,16)17,6-24(20,21)22)23-7(19)8(18)4-2-1-3-5-8/h1-6,18H2,(H,20,21,22). The Hall–Kier alpha value is -1.08. The van der Waals surface area contributed by atoms with E-state index in [-0.39, 0.29) is 25.7 Å². The molecule has 13 heteroatoms. The summed E-state index contributed by atoms with van der Waals surface area (Å²) < 4.78 is 112. The van der Waals surface area contributed by atoms with E-state index in [1.165, 1.54) is 0 Å². The van der Waals surface area contributed by atoms with Crippen molar-refractivity contribution in [3.05, 3.63) is 0 Å². The molecule has 0 amide bonds. The number of nitrogens with two attached hydrogens (primary N) is 1. The molecular weight excluding hydrogens is 372 g/mol. The Morgan fingerprint density at radius 3 is 1.79 bits per heavy atom. The van der Waals surface area contributed by atoms with Gasteiger partial charge in [-0.1, -0.05) is 19.3 Å². The number of hydrogen-bond acceptors (Lipinski definition) is 5. The van der Waals surface area contributed by atoms with E-state index < -0.39 is 45.3 Å². The summed E-state index contributed by atoms with van der Waals surface area (Å²) in [5.41, 5.74) is -1.95. The zero-order valence-electron chi connectivity index (χ0n) is 12.1. The molecular formula is C11H15F6NO5S. The van der Waals surface area contributed by atoms with Crippen LogP contribution < -0.4 is 5.73 Å². The highest BCUT2D eigenvalue weighted by Gasteiger charge is 2.76. The fraction of sp³-hybridized carbons (Fsp3) is 0.909. The molecule has 0 aliphatic heterocycles. The van der Waals surface area contributed by atoms with Crippen molar-refractivity contribution in [2.75, 3.05) is 5.75 Å². The summed E-state index contributed by atoms with van der Waals surface area (Å²) in [6, 6.07) is 0. The molecule has 0 heterocycles. The van der Waals surface area contributed by atoms with Gasteiger partial charge in [0.25, 0.3) is 10.1 Å². The van der Waals surface area contributed by atoms with Gasteiger partial charge in [0, 0.05) is 0 Å². The second-order valence-corrected chi connectivity index (χ2v) is 7.11. The molecule has 0 unspecified atom stereocenters. The van der Waals surface area contributed by atoms with Crippen LogP contribution in [0.2, 0.25) is 0 Å². The molecule has 1 rings (SSSR count). The Morgan fingerprint density at radius 2 is 1.46 bits per heavy atom. The fourth-order valence-corrected chi connectivity index (χ4v) is 3.27. The van der Waals surface area contributed by atoms with E-state index in [0.29, 0.717) is 6.42 Å². The van der Waals surface area contributed by atoms with Crippen LogP contribution >= 0.6 is 0 Å². The van der Waals surface area contributed by atoms with Crippen LogP contribution in [0.25, 0.3) is 0 Å². The Kier molecular flexibility index (Phi) is 5.53. The van der Waals surface area contributed by atoms with Crippen molar-refractivity contribution >= 4 is 16.1 Å². The van der Waals surface area contributed by atoms with E-state index >= 15 is 0 Å². The fourth-order valence-electron chi connectivity index (χ4n) is 2.37. The van der Waals surface area contributed by atoms with Gasteiger partial charge >= 0.3 is 23.9 Å². The van der Waals surface area contributed by atoms with E-state index in [9.17, 15) is 39.6 Å². The summed E-state index contributed by atoms with van der Waals surface area (Å²) in [6.07, 6.45) is -11.9. The van der Waals surface area contributed by atoms with Crippen LogP contribution in [0.3, 0.4) is 0 Å². The number of carbonyl (C=O) groups excluding carboxylic acids is 1. The molecule has 0 bridgehead atoms. The van der Waals surface area contributed by atoms with Crippen LogP contribution in [0.5, 0.6) is 0 Å². The van der Waals surface area contributed by atoms with Crippen molar-refractivity contribution in [3.63, 3.8) is 0 Å². The van der Waals surface area contributed by atoms with Gasteiger partial charge in [-0.3, -0.25) is 9.35 Å². The van der Waals surface area contributed by atoms with Crippen LogP contribution in [-0.4, -0.2) is 48.2 Å². The van der Waals surface area contributed by atoms with Gasteiger partial charge in [0.2, 0.25) is 0 Å². The number of hydrogen-bond donors (Lipinski definition) is 2. The summed E-state index contributed by atoms with van der Waals surface area (Å²) in [4.78, 5) is 11.9. The SMILES string of the molecule is NC1(C(=O)OC(CS(=O)(=O)O)(C(F)(F)F)C(F)(F)F)CCCCC1. The number of halogens is 6. The number of alkyl halides is 6. The van der Waals surface area contributed by atoms with E-state index in [0.717, 1.165) is 0 Å². The minimum Gasteiger partial charge on any atom is -0.437 e. The van der Waals surface area contributed by atoms with Crippen LogP contribution in [0, 0.1) is 0 Å². The monoisotopic (exact) mass is 387 g/mol. The predicted octanol–water partition coefficient (Wildman–Crippen LogP) is 1.94. The highest BCUT2D eigenvalue weighted by molar-refractivity contribution is 7.85. The number of esters is 1. The molecule has 1 aliphatic carbocycles. The first-order valence-corrected chi connectivity index (χ1v) is 8.26. The maximum atomic E-state index is 13.0. The van der Waals surface area contributed by atoms with Gasteiger partial charge in [0.05, 0.1) is 0 Å². The van der Waals surface area contributed by atoms with Gasteiger partial charge in [0.15, 0.2) is 0 Å². The lowest BCUT2D eigenvalue weighted by Gasteiger charge is -2.39. The second kappa shape index (κ2) is 6.33. The van der Waals surface area contributed by atoms with E-state index in [1.54, 1.807) is 0 Å². The van der Waals surface area contributed by atoms with Crippen molar-refractivity contribution in [3.8, 4) is 0 Å². The Bertz CT molecular complexity index is 565. The first-order chi connectivity index (χ1) is 10.5. The normalized spacial score (nSPS) is 19.8. The van der Waals surface area contributed by atoms with E-state index in [2.05, 4.69) is 4.74 Å². The highest BCUT2D eigenvalue weighted by atomic mass is 32.2. The molecule has 0 aromatic carbocycles. The number of ether oxygens (including phenoxy) is 1. The van der Waals surface area contributed by atoms with Crippen LogP contribution in [-0.2, 0) is 19.6 Å². The second-order valence-electron chi connectivity index (χ2n) is 5.66. The molecule has 0 spiro atoms. The van der Waals surface area contributed by atoms with E-state index in [4.69, 9.17) is 10.3 Å². The zero-order chi connectivity index (χ0) is 19.0. The van der Waals surface area contributed by atoms with Gasteiger partial charge < -0.3 is 10.5 Å². The van der Waals surface area contributed by atoms with Gasteiger partial charge in [-0.15, -0.1) is 0 Å². The molecule has 142 valence electrons. The largest absolute Gasteiger partial charge is 0.438 e. The molecule has 0 saturated heterocycles. The van der Waals surface area contributed by atoms with Crippen molar-refractivity contribution in [1.29, 1.82) is 0 Å². The molecule has 0 atom stereocenters. The third-order valence-corrected chi connectivity index (χ3v) is 4.49. The lowest BCUT2D eigenvalue weighted by Crippen LogP contribution is -2.66. The van der Waals surface area contributed by atoms with Crippen molar-refractivity contribution in [2.24, 2.45) is 5.73 Å². The summed E-state index contributed by atoms with van der Waals surface area (Å²) in [5.74, 6) is -4.92. The maximum absolute atomic E-state index is 13.0. The highest BCUT2D eigenvalue weighted by Crippen LogP contribution is 2.47. The smallest absolute Gasteiger partial charge is 0.437 e. The molecule has 1 aliphatic rings. The molecule has 0 aromatic heterocycles. The van der Waals surface area contributed by atoms with Crippen LogP contribution in [0.1, 0.15) is 32.1 Å². The van der Waals surface area contributed by atoms with Crippen LogP contribution in [0.4, 0.5) is 26.3 Å². The molecule has 1 saturated carbocycles. The average Bonchev–Trinajstić information content (AvgIpc) is 2.34. The quantitative estimate of drug-likeness (QED) is 0.434. The summed E-state index contributed by atoms with van der Waals surface area (Å²) in [5, 5.41) is 0. The third kappa shape index (κ3) is 4.30. The molecule has 24 heavy (non-hydrogen) atoms. The summed E-state index contributed by atoms with van der Waals surface area (Å²) in [7, 11) is -5.80. The van der Waals surface area contributed by atoms with Gasteiger partial charge in [-0.05, 0) is 12.8 Å². The first kappa shape index (κ1) is 21.0. The lowest BCUT2D eigenvalue weighted by atomic mass is 9.82. The molecule has 6 nitrogen and oxygen atoms in total. The zero-order valence-corrected chi connectivity index (χ0v) is 12.9. The Balaban J connectivity index is 3.34. The Morgan fingerprint density at radius 1 is 1.04 bits per heavy atom. The van der Waals surface area contributed by atoms with Crippen molar-refractivity contribution < 1.29 is 48.8 Å². The Labute approximate surface area is 133 Å². The molecule has 1 fully saturated rings. The van der Waals surface area contributed by atoms with Gasteiger partial charge in [-0.25, -0.2) is 0 Å². The van der Waals surface area contributed by atoms with Gasteiger partial charge in [-0.2, -0.15) is 34.8 Å². The molecule has 0 radical (unpaired) electrons. The topological polar surface area (TPSA) is 107 Å². The predicted molar refractivity (Wildman–Crippen MR) is 67.4 cm³/mol.